The second kappa shape index (κ2) is 9.68. The van der Waals surface area contributed by atoms with E-state index in [1.807, 2.05) is 6.92 Å². The largest absolute Gasteiger partial charge is 0.493 e. The third-order valence-electron chi connectivity index (χ3n) is 5.74. The number of carbonyl (C=O) groups is 1. The third kappa shape index (κ3) is 4.23. The lowest BCUT2D eigenvalue weighted by Crippen LogP contribution is -2.40. The molecule has 3 heterocycles. The van der Waals surface area contributed by atoms with Gasteiger partial charge in [-0.2, -0.15) is 0 Å². The maximum absolute atomic E-state index is 13.4. The Morgan fingerprint density at radius 1 is 1.08 bits per heavy atom. The monoisotopic (exact) mass is 494 g/mol. The number of nitrogens with zero attached hydrogens (tertiary/aromatic N) is 4. The van der Waals surface area contributed by atoms with Crippen molar-refractivity contribution in [2.75, 3.05) is 20.8 Å². The number of carbonyl (C=O) groups excluding carboxylic acids is 1. The molecule has 11 heteroatoms. The van der Waals surface area contributed by atoms with Crippen molar-refractivity contribution in [3.05, 3.63) is 67.8 Å². The van der Waals surface area contributed by atoms with Crippen molar-refractivity contribution in [2.45, 2.75) is 27.3 Å². The quantitative estimate of drug-likeness (QED) is 0.356. The molecule has 4 rings (SSSR count). The molecule has 0 amide bonds. The van der Waals surface area contributed by atoms with Gasteiger partial charge in [0.2, 0.25) is 5.89 Å². The van der Waals surface area contributed by atoms with Crippen LogP contribution in [-0.4, -0.2) is 45.9 Å². The highest BCUT2D eigenvalue weighted by Crippen LogP contribution is 2.33. The lowest BCUT2D eigenvalue weighted by Gasteiger charge is -2.12. The number of aromatic nitrogens is 4. The van der Waals surface area contributed by atoms with E-state index in [-0.39, 0.29) is 23.1 Å². The summed E-state index contributed by atoms with van der Waals surface area (Å²) in [6.45, 7) is 5.55. The van der Waals surface area contributed by atoms with Gasteiger partial charge in [-0.15, -0.1) is 0 Å². The van der Waals surface area contributed by atoms with Gasteiger partial charge in [0.1, 0.15) is 17.1 Å². The van der Waals surface area contributed by atoms with Gasteiger partial charge in [0.15, 0.2) is 11.5 Å². The molecule has 11 nitrogen and oxygen atoms in total. The molecule has 0 spiro atoms. The molecular weight excluding hydrogens is 468 g/mol. The van der Waals surface area contributed by atoms with Crippen LogP contribution in [0.3, 0.4) is 0 Å². The summed E-state index contributed by atoms with van der Waals surface area (Å²) >= 11 is 0. The van der Waals surface area contributed by atoms with Crippen molar-refractivity contribution in [2.24, 2.45) is 7.05 Å². The van der Waals surface area contributed by atoms with Crippen molar-refractivity contribution in [3.8, 4) is 23.0 Å². The summed E-state index contributed by atoms with van der Waals surface area (Å²) in [5.74, 6) is 1.13. The zero-order chi connectivity index (χ0) is 26.1. The molecular formula is C25H26N4O7. The second-order valence-electron chi connectivity index (χ2n) is 8.05. The maximum Gasteiger partial charge on any atom is 0.338 e. The Morgan fingerprint density at radius 3 is 2.50 bits per heavy atom. The number of ether oxygens (including phenoxy) is 3. The normalized spacial score (nSPS) is 11.1. The first-order chi connectivity index (χ1) is 17.2. The fraction of sp³-hybridized carbons (Fsp3) is 0.320. The fourth-order valence-corrected chi connectivity index (χ4v) is 3.94. The van der Waals surface area contributed by atoms with E-state index in [0.29, 0.717) is 46.7 Å². The average Bonchev–Trinajstić information content (AvgIpc) is 3.24. The van der Waals surface area contributed by atoms with Gasteiger partial charge in [-0.25, -0.2) is 19.6 Å². The number of hydrogen-bond acceptors (Lipinski definition) is 9. The number of aryl methyl sites for hydroxylation is 3. The van der Waals surface area contributed by atoms with Crippen LogP contribution in [0.5, 0.6) is 11.5 Å². The number of pyridine rings is 1. The average molecular weight is 495 g/mol. The topological polar surface area (TPSA) is 128 Å². The van der Waals surface area contributed by atoms with Gasteiger partial charge in [-0.3, -0.25) is 13.9 Å². The Kier molecular flexibility index (Phi) is 6.65. The highest BCUT2D eigenvalue weighted by Gasteiger charge is 2.22. The summed E-state index contributed by atoms with van der Waals surface area (Å²) in [7, 11) is 4.25. The lowest BCUT2D eigenvalue weighted by molar-refractivity contribution is 0.0602. The number of esters is 1. The summed E-state index contributed by atoms with van der Waals surface area (Å²) in [5.41, 5.74) is 0.347. The van der Waals surface area contributed by atoms with Crippen LogP contribution in [0.4, 0.5) is 0 Å². The van der Waals surface area contributed by atoms with E-state index < -0.39 is 17.2 Å². The smallest absolute Gasteiger partial charge is 0.338 e. The molecule has 0 bridgehead atoms. The van der Waals surface area contributed by atoms with Gasteiger partial charge >= 0.3 is 11.7 Å². The summed E-state index contributed by atoms with van der Waals surface area (Å²) in [6.07, 6.45) is 0. The first-order valence-corrected chi connectivity index (χ1v) is 11.2. The minimum Gasteiger partial charge on any atom is -0.493 e. The summed E-state index contributed by atoms with van der Waals surface area (Å²) < 4.78 is 23.9. The fourth-order valence-electron chi connectivity index (χ4n) is 3.94. The first kappa shape index (κ1) is 24.7. The summed E-state index contributed by atoms with van der Waals surface area (Å²) in [6, 6.07) is 6.73. The zero-order valence-electron chi connectivity index (χ0n) is 20.9. The molecule has 0 aliphatic carbocycles. The van der Waals surface area contributed by atoms with E-state index in [4.69, 9.17) is 18.6 Å². The Hall–Kier alpha value is -4.41. The molecule has 3 aromatic heterocycles. The van der Waals surface area contributed by atoms with Crippen LogP contribution in [0.25, 0.3) is 22.5 Å². The van der Waals surface area contributed by atoms with E-state index in [0.717, 1.165) is 4.57 Å². The highest BCUT2D eigenvalue weighted by atomic mass is 16.5. The van der Waals surface area contributed by atoms with Crippen molar-refractivity contribution in [1.82, 2.24) is 19.1 Å². The molecule has 0 saturated carbocycles. The Bertz CT molecular complexity index is 1600. The van der Waals surface area contributed by atoms with Crippen LogP contribution in [0.2, 0.25) is 0 Å². The van der Waals surface area contributed by atoms with Gasteiger partial charge in [-0.1, -0.05) is 0 Å². The number of rotatable bonds is 7. The number of oxazole rings is 1. The van der Waals surface area contributed by atoms with Crippen LogP contribution < -0.4 is 20.7 Å². The van der Waals surface area contributed by atoms with Crippen LogP contribution >= 0.6 is 0 Å². The van der Waals surface area contributed by atoms with E-state index in [9.17, 15) is 14.4 Å². The van der Waals surface area contributed by atoms with E-state index in [1.165, 1.54) is 31.9 Å². The Balaban J connectivity index is 1.82. The van der Waals surface area contributed by atoms with Crippen molar-refractivity contribution < 1.29 is 23.4 Å². The molecule has 0 aliphatic heterocycles. The molecule has 0 aliphatic rings. The van der Waals surface area contributed by atoms with Crippen LogP contribution in [0, 0.1) is 13.8 Å². The molecule has 0 atom stereocenters. The molecule has 0 N–H and O–H groups in total. The molecule has 4 aromatic rings. The first-order valence-electron chi connectivity index (χ1n) is 11.2. The maximum atomic E-state index is 13.4. The van der Waals surface area contributed by atoms with Crippen molar-refractivity contribution >= 4 is 17.0 Å². The van der Waals surface area contributed by atoms with Crippen molar-refractivity contribution in [3.63, 3.8) is 0 Å². The SMILES string of the molecule is CCOc1ccc(-c2nc(Cn3c(=O)c4c(C(=O)OC)cc(C)nc4n(C)c3=O)c(C)o2)cc1OC. The summed E-state index contributed by atoms with van der Waals surface area (Å²) in [5, 5.41) is -0.00725. The molecule has 36 heavy (non-hydrogen) atoms. The number of benzene rings is 1. The van der Waals surface area contributed by atoms with Gasteiger partial charge in [-0.05, 0) is 45.0 Å². The number of fused-ring (bicyclic) bond motifs is 1. The third-order valence-corrected chi connectivity index (χ3v) is 5.74. The predicted octanol–water partition coefficient (Wildman–Crippen LogP) is 2.61. The lowest BCUT2D eigenvalue weighted by atomic mass is 10.1. The molecule has 0 saturated heterocycles. The van der Waals surface area contributed by atoms with Crippen LogP contribution in [0.15, 0.2) is 38.3 Å². The summed E-state index contributed by atoms with van der Waals surface area (Å²) in [4.78, 5) is 47.8. The Labute approximate surface area is 205 Å². The van der Waals surface area contributed by atoms with Gasteiger partial charge in [0, 0.05) is 18.3 Å². The molecule has 0 unspecified atom stereocenters. The van der Waals surface area contributed by atoms with Gasteiger partial charge < -0.3 is 18.6 Å². The van der Waals surface area contributed by atoms with Gasteiger partial charge in [0.05, 0.1) is 38.3 Å². The zero-order valence-corrected chi connectivity index (χ0v) is 20.9. The predicted molar refractivity (Wildman–Crippen MR) is 131 cm³/mol. The van der Waals surface area contributed by atoms with Crippen molar-refractivity contribution in [1.29, 1.82) is 0 Å². The number of methoxy groups -OCH3 is 2. The van der Waals surface area contributed by atoms with E-state index in [1.54, 1.807) is 32.0 Å². The molecule has 1 aromatic carbocycles. The molecule has 0 fully saturated rings. The van der Waals surface area contributed by atoms with Crippen LogP contribution in [0.1, 0.15) is 34.4 Å². The van der Waals surface area contributed by atoms with E-state index >= 15 is 0 Å². The minimum absolute atomic E-state index is 0.00725. The van der Waals surface area contributed by atoms with E-state index in [2.05, 4.69) is 9.97 Å². The minimum atomic E-state index is -0.697. The standard InChI is InChI=1S/C25H26N4O7/c1-7-35-18-9-8-15(11-19(18)33-5)22-27-17(14(3)36-22)12-29-23(30)20-16(24(31)34-6)10-13(2)26-21(20)28(4)25(29)32/h8-11H,7,12H2,1-6H3. The highest BCUT2D eigenvalue weighted by molar-refractivity contribution is 6.02. The van der Waals surface area contributed by atoms with Gasteiger partial charge in [0.25, 0.3) is 5.56 Å². The second-order valence-corrected chi connectivity index (χ2v) is 8.05. The molecule has 0 radical (unpaired) electrons. The number of hydrogen-bond donors (Lipinski definition) is 0. The van der Waals surface area contributed by atoms with Crippen LogP contribution in [-0.2, 0) is 18.3 Å². The molecule has 188 valence electrons. The Morgan fingerprint density at radius 2 is 1.83 bits per heavy atom.